The Balaban J connectivity index is 1.79. The van der Waals surface area contributed by atoms with Crippen LogP contribution in [0.25, 0.3) is 0 Å². The van der Waals surface area contributed by atoms with Crippen LogP contribution in [0.3, 0.4) is 0 Å². The van der Waals surface area contributed by atoms with Crippen LogP contribution in [0.1, 0.15) is 5.56 Å². The second-order valence-electron chi connectivity index (χ2n) is 5.59. The molecule has 0 aliphatic carbocycles. The standard InChI is InChI=1S/C17H16O6S2/c1-13-11-16(7-8-17(13)22-14-5-3-2-4-6-14)25(20,21)23-15-9-10-24(18,19)12-15/h2-11,15H,12H2,1H3. The van der Waals surface area contributed by atoms with Crippen molar-refractivity contribution >= 4 is 20.0 Å². The Labute approximate surface area is 146 Å². The lowest BCUT2D eigenvalue weighted by molar-refractivity contribution is 0.279. The molecular formula is C17H16O6S2. The van der Waals surface area contributed by atoms with E-state index in [9.17, 15) is 16.8 Å². The normalized spacial score (nSPS) is 19.0. The van der Waals surface area contributed by atoms with Gasteiger partial charge in [0.1, 0.15) is 17.6 Å². The molecule has 0 saturated heterocycles. The minimum atomic E-state index is -4.08. The summed E-state index contributed by atoms with van der Waals surface area (Å²) in [5, 5.41) is 0.967. The van der Waals surface area contributed by atoms with Crippen LogP contribution in [0.4, 0.5) is 0 Å². The molecule has 2 aromatic carbocycles. The summed E-state index contributed by atoms with van der Waals surface area (Å²) in [7, 11) is -7.47. The van der Waals surface area contributed by atoms with E-state index in [0.29, 0.717) is 17.1 Å². The second-order valence-corrected chi connectivity index (χ2v) is 9.09. The van der Waals surface area contributed by atoms with E-state index in [1.54, 1.807) is 25.1 Å². The topological polar surface area (TPSA) is 86.7 Å². The Morgan fingerprint density at radius 2 is 1.80 bits per heavy atom. The summed E-state index contributed by atoms with van der Waals surface area (Å²) < 4.78 is 58.1. The van der Waals surface area contributed by atoms with E-state index in [0.717, 1.165) is 5.41 Å². The highest BCUT2D eigenvalue weighted by molar-refractivity contribution is 7.94. The molecule has 6 nitrogen and oxygen atoms in total. The van der Waals surface area contributed by atoms with Gasteiger partial charge in [-0.1, -0.05) is 18.2 Å². The van der Waals surface area contributed by atoms with Gasteiger partial charge >= 0.3 is 0 Å². The number of benzene rings is 2. The molecule has 1 heterocycles. The molecule has 0 amide bonds. The van der Waals surface area contributed by atoms with Gasteiger partial charge in [0.15, 0.2) is 9.84 Å². The van der Waals surface area contributed by atoms with E-state index >= 15 is 0 Å². The van der Waals surface area contributed by atoms with Gasteiger partial charge in [-0.25, -0.2) is 8.42 Å². The average Bonchev–Trinajstić information content (AvgIpc) is 2.88. The van der Waals surface area contributed by atoms with Crippen molar-refractivity contribution in [2.45, 2.75) is 17.9 Å². The Hall–Kier alpha value is -2.16. The van der Waals surface area contributed by atoms with Gasteiger partial charge in [0.25, 0.3) is 10.1 Å². The van der Waals surface area contributed by atoms with Crippen LogP contribution in [0.5, 0.6) is 11.5 Å². The third-order valence-corrected chi connectivity index (χ3v) is 6.25. The summed E-state index contributed by atoms with van der Waals surface area (Å²) in [6, 6.07) is 13.5. The van der Waals surface area contributed by atoms with Crippen molar-refractivity contribution in [3.63, 3.8) is 0 Å². The fourth-order valence-corrected chi connectivity index (χ4v) is 4.71. The number of para-hydroxylation sites is 1. The first-order chi connectivity index (χ1) is 11.8. The Kier molecular flexibility index (Phi) is 4.68. The summed E-state index contributed by atoms with van der Waals surface area (Å²) in [6.45, 7) is 1.72. The van der Waals surface area contributed by atoms with Crippen molar-refractivity contribution in [3.05, 3.63) is 65.6 Å². The van der Waals surface area contributed by atoms with E-state index < -0.39 is 26.1 Å². The fourth-order valence-electron chi connectivity index (χ4n) is 2.33. The summed E-state index contributed by atoms with van der Waals surface area (Å²) in [6.07, 6.45) is 0.225. The molecule has 0 N–H and O–H groups in total. The molecule has 132 valence electrons. The van der Waals surface area contributed by atoms with Crippen LogP contribution < -0.4 is 4.74 Å². The highest BCUT2D eigenvalue weighted by Gasteiger charge is 2.28. The van der Waals surface area contributed by atoms with Crippen molar-refractivity contribution in [1.82, 2.24) is 0 Å². The zero-order chi connectivity index (χ0) is 18.1. The molecule has 0 aromatic heterocycles. The molecule has 8 heteroatoms. The quantitative estimate of drug-likeness (QED) is 0.742. The highest BCUT2D eigenvalue weighted by atomic mass is 32.2. The third-order valence-electron chi connectivity index (χ3n) is 3.55. The molecular weight excluding hydrogens is 364 g/mol. The van der Waals surface area contributed by atoms with Crippen molar-refractivity contribution in [3.8, 4) is 11.5 Å². The van der Waals surface area contributed by atoms with Gasteiger partial charge in [0, 0.05) is 5.41 Å². The molecule has 1 unspecified atom stereocenters. The Bertz CT molecular complexity index is 1010. The van der Waals surface area contributed by atoms with Gasteiger partial charge in [-0.2, -0.15) is 8.42 Å². The first-order valence-corrected chi connectivity index (χ1v) is 10.6. The minimum absolute atomic E-state index is 0.0527. The van der Waals surface area contributed by atoms with Crippen LogP contribution >= 0.6 is 0 Å². The molecule has 0 spiro atoms. The summed E-state index contributed by atoms with van der Waals surface area (Å²) in [4.78, 5) is -0.0527. The van der Waals surface area contributed by atoms with Crippen LogP contribution in [-0.4, -0.2) is 28.7 Å². The molecule has 1 atom stereocenters. The van der Waals surface area contributed by atoms with Crippen LogP contribution in [0, 0.1) is 6.92 Å². The lowest BCUT2D eigenvalue weighted by atomic mass is 10.2. The Morgan fingerprint density at radius 3 is 2.40 bits per heavy atom. The number of hydrogen-bond donors (Lipinski definition) is 0. The predicted octanol–water partition coefficient (Wildman–Crippen LogP) is 2.80. The maximum atomic E-state index is 12.3. The minimum Gasteiger partial charge on any atom is -0.457 e. The number of rotatable bonds is 5. The van der Waals surface area contributed by atoms with Crippen molar-refractivity contribution in [2.75, 3.05) is 5.75 Å². The molecule has 3 rings (SSSR count). The number of hydrogen-bond acceptors (Lipinski definition) is 6. The molecule has 0 fully saturated rings. The summed E-state index contributed by atoms with van der Waals surface area (Å²) >= 11 is 0. The largest absolute Gasteiger partial charge is 0.457 e. The average molecular weight is 380 g/mol. The van der Waals surface area contributed by atoms with Crippen LogP contribution in [0.15, 0.2) is 64.9 Å². The van der Waals surface area contributed by atoms with Gasteiger partial charge in [-0.3, -0.25) is 4.18 Å². The van der Waals surface area contributed by atoms with Gasteiger partial charge in [-0.05, 0) is 48.9 Å². The summed E-state index contributed by atoms with van der Waals surface area (Å²) in [5.41, 5.74) is 0.614. The van der Waals surface area contributed by atoms with E-state index in [1.165, 1.54) is 18.2 Å². The number of sulfone groups is 1. The van der Waals surface area contributed by atoms with Crippen molar-refractivity contribution in [1.29, 1.82) is 0 Å². The second kappa shape index (κ2) is 6.62. The first kappa shape index (κ1) is 17.7. The number of aryl methyl sites for hydroxylation is 1. The van der Waals surface area contributed by atoms with Gasteiger partial charge in [-0.15, -0.1) is 0 Å². The smallest absolute Gasteiger partial charge is 0.297 e. The van der Waals surface area contributed by atoms with E-state index in [1.807, 2.05) is 18.2 Å². The number of ether oxygens (including phenoxy) is 1. The van der Waals surface area contributed by atoms with E-state index in [2.05, 4.69) is 0 Å². The third kappa shape index (κ3) is 4.28. The SMILES string of the molecule is Cc1cc(S(=O)(=O)OC2C=CS(=O)(=O)C2)ccc1Oc1ccccc1. The Morgan fingerprint density at radius 1 is 1.08 bits per heavy atom. The van der Waals surface area contributed by atoms with Crippen molar-refractivity contribution in [2.24, 2.45) is 0 Å². The fraction of sp³-hybridized carbons (Fsp3) is 0.176. The summed E-state index contributed by atoms with van der Waals surface area (Å²) in [5.74, 6) is 0.785. The molecule has 25 heavy (non-hydrogen) atoms. The van der Waals surface area contributed by atoms with E-state index in [4.69, 9.17) is 8.92 Å². The van der Waals surface area contributed by atoms with Crippen LogP contribution in [0.2, 0.25) is 0 Å². The van der Waals surface area contributed by atoms with Crippen molar-refractivity contribution < 1.29 is 25.8 Å². The maximum Gasteiger partial charge on any atom is 0.297 e. The molecule has 1 aliphatic heterocycles. The zero-order valence-electron chi connectivity index (χ0n) is 13.3. The van der Waals surface area contributed by atoms with Gasteiger partial charge in [0.05, 0.1) is 10.6 Å². The molecule has 1 aliphatic rings. The zero-order valence-corrected chi connectivity index (χ0v) is 15.0. The lowest BCUT2D eigenvalue weighted by Gasteiger charge is -2.12. The molecule has 2 aromatic rings. The monoisotopic (exact) mass is 380 g/mol. The van der Waals surface area contributed by atoms with Gasteiger partial charge < -0.3 is 4.74 Å². The predicted molar refractivity (Wildman–Crippen MR) is 92.7 cm³/mol. The molecule has 0 bridgehead atoms. The molecule has 0 radical (unpaired) electrons. The van der Waals surface area contributed by atoms with Gasteiger partial charge in [0.2, 0.25) is 0 Å². The first-order valence-electron chi connectivity index (χ1n) is 7.43. The highest BCUT2D eigenvalue weighted by Crippen LogP contribution is 2.28. The maximum absolute atomic E-state index is 12.3. The van der Waals surface area contributed by atoms with E-state index in [-0.39, 0.29) is 10.6 Å². The van der Waals surface area contributed by atoms with Crippen LogP contribution in [-0.2, 0) is 24.1 Å². The lowest BCUT2D eigenvalue weighted by Crippen LogP contribution is -2.20. The molecule has 0 saturated carbocycles.